The molecule has 4 heteroatoms. The topological polar surface area (TPSA) is 38.3 Å². The smallest absolute Gasteiger partial charge is 0.169 e. The highest BCUT2D eigenvalue weighted by atomic mass is 79.9. The fraction of sp³-hybridized carbons (Fsp3) is 0.333. The summed E-state index contributed by atoms with van der Waals surface area (Å²) in [6, 6.07) is 5.91. The summed E-state index contributed by atoms with van der Waals surface area (Å²) in [4.78, 5) is 0. The lowest BCUT2D eigenvalue weighted by Crippen LogP contribution is -2.17. The predicted molar refractivity (Wildman–Crippen MR) is 65.5 cm³/mol. The van der Waals surface area contributed by atoms with Gasteiger partial charge in [-0.15, -0.1) is 0 Å². The molecule has 0 aliphatic carbocycles. The second kappa shape index (κ2) is 4.47. The van der Waals surface area contributed by atoms with Gasteiger partial charge in [-0.1, -0.05) is 0 Å². The molecule has 3 nitrogen and oxygen atoms in total. The van der Waals surface area contributed by atoms with Crippen LogP contribution >= 0.6 is 15.9 Å². The molecule has 2 rings (SSSR count). The maximum atomic E-state index is 5.57. The van der Waals surface area contributed by atoms with E-state index < -0.39 is 0 Å². The van der Waals surface area contributed by atoms with E-state index in [1.807, 2.05) is 39.1 Å². The minimum absolute atomic E-state index is 0.0312. The van der Waals surface area contributed by atoms with E-state index in [9.17, 15) is 0 Å². The molecule has 2 aromatic rings. The van der Waals surface area contributed by atoms with Gasteiger partial charge in [0.1, 0.15) is 17.3 Å². The zero-order valence-electron chi connectivity index (χ0n) is 9.50. The van der Waals surface area contributed by atoms with Crippen LogP contribution in [0.4, 0.5) is 0 Å². The van der Waals surface area contributed by atoms with Crippen LogP contribution in [0.25, 0.3) is 0 Å². The lowest BCUT2D eigenvalue weighted by molar-refractivity contribution is 0.439. The molecule has 0 amide bonds. The fourth-order valence-electron chi connectivity index (χ4n) is 1.87. The van der Waals surface area contributed by atoms with Crippen molar-refractivity contribution in [2.24, 2.45) is 0 Å². The summed E-state index contributed by atoms with van der Waals surface area (Å²) in [7, 11) is 1.91. The Kier molecular flexibility index (Phi) is 3.21. The quantitative estimate of drug-likeness (QED) is 0.936. The van der Waals surface area contributed by atoms with E-state index in [-0.39, 0.29) is 6.04 Å². The third-order valence-corrected chi connectivity index (χ3v) is 2.98. The molecule has 0 saturated carbocycles. The van der Waals surface area contributed by atoms with Gasteiger partial charge in [-0.05, 0) is 55.0 Å². The van der Waals surface area contributed by atoms with Crippen molar-refractivity contribution in [3.05, 3.63) is 45.7 Å². The number of nitrogens with one attached hydrogen (secondary N) is 1. The van der Waals surface area contributed by atoms with Crippen LogP contribution in [0.15, 0.2) is 31.7 Å². The van der Waals surface area contributed by atoms with Gasteiger partial charge in [0.25, 0.3) is 0 Å². The van der Waals surface area contributed by atoms with Gasteiger partial charge in [-0.2, -0.15) is 0 Å². The second-order valence-corrected chi connectivity index (χ2v) is 4.51. The Morgan fingerprint density at radius 1 is 1.25 bits per heavy atom. The largest absolute Gasteiger partial charge is 0.466 e. The van der Waals surface area contributed by atoms with Crippen LogP contribution in [-0.4, -0.2) is 7.05 Å². The van der Waals surface area contributed by atoms with E-state index in [1.54, 1.807) is 0 Å². The van der Waals surface area contributed by atoms with E-state index in [4.69, 9.17) is 8.83 Å². The van der Waals surface area contributed by atoms with Gasteiger partial charge in [-0.25, -0.2) is 0 Å². The van der Waals surface area contributed by atoms with Gasteiger partial charge in [0, 0.05) is 5.56 Å². The molecule has 0 aromatic carbocycles. The Hall–Kier alpha value is -1.00. The first-order valence-electron chi connectivity index (χ1n) is 5.11. The van der Waals surface area contributed by atoms with Crippen LogP contribution in [0.1, 0.15) is 28.9 Å². The first kappa shape index (κ1) is 11.5. The number of aryl methyl sites for hydroxylation is 2. The summed E-state index contributed by atoms with van der Waals surface area (Å²) in [5.74, 6) is 2.71. The molecular formula is C12H14BrNO2. The van der Waals surface area contributed by atoms with Crippen LogP contribution in [0, 0.1) is 13.8 Å². The highest BCUT2D eigenvalue weighted by Crippen LogP contribution is 2.29. The maximum absolute atomic E-state index is 5.57. The second-order valence-electron chi connectivity index (χ2n) is 3.73. The van der Waals surface area contributed by atoms with Crippen LogP contribution in [0.3, 0.4) is 0 Å². The van der Waals surface area contributed by atoms with E-state index in [0.717, 1.165) is 27.5 Å². The molecule has 16 heavy (non-hydrogen) atoms. The zero-order valence-corrected chi connectivity index (χ0v) is 11.1. The third kappa shape index (κ3) is 2.08. The Balaban J connectivity index is 2.40. The Bertz CT molecular complexity index is 487. The van der Waals surface area contributed by atoms with Gasteiger partial charge in [-0.3, -0.25) is 0 Å². The summed E-state index contributed by atoms with van der Waals surface area (Å²) in [6.45, 7) is 3.91. The van der Waals surface area contributed by atoms with Gasteiger partial charge < -0.3 is 14.2 Å². The third-order valence-electron chi connectivity index (χ3n) is 2.56. The highest BCUT2D eigenvalue weighted by Gasteiger charge is 2.20. The first-order chi connectivity index (χ1) is 7.61. The molecule has 1 unspecified atom stereocenters. The number of hydrogen-bond donors (Lipinski definition) is 1. The molecule has 0 spiro atoms. The Labute approximate surface area is 103 Å². The molecule has 0 bridgehead atoms. The van der Waals surface area contributed by atoms with Gasteiger partial charge in [0.15, 0.2) is 4.67 Å². The van der Waals surface area contributed by atoms with Crippen LogP contribution in [0.5, 0.6) is 0 Å². The summed E-state index contributed by atoms with van der Waals surface area (Å²) >= 11 is 3.31. The molecule has 0 saturated heterocycles. The number of hydrogen-bond acceptors (Lipinski definition) is 3. The van der Waals surface area contributed by atoms with Gasteiger partial charge >= 0.3 is 0 Å². The minimum atomic E-state index is 0.0312. The van der Waals surface area contributed by atoms with Crippen molar-refractivity contribution < 1.29 is 8.83 Å². The Morgan fingerprint density at radius 2 is 2.00 bits per heavy atom. The number of rotatable bonds is 3. The van der Waals surface area contributed by atoms with Crippen LogP contribution in [-0.2, 0) is 0 Å². The lowest BCUT2D eigenvalue weighted by Gasteiger charge is -2.12. The van der Waals surface area contributed by atoms with E-state index in [2.05, 4.69) is 21.2 Å². The van der Waals surface area contributed by atoms with E-state index >= 15 is 0 Å². The molecule has 1 N–H and O–H groups in total. The maximum Gasteiger partial charge on any atom is 0.169 e. The van der Waals surface area contributed by atoms with E-state index in [0.29, 0.717) is 0 Å². The van der Waals surface area contributed by atoms with E-state index in [1.165, 1.54) is 0 Å². The first-order valence-corrected chi connectivity index (χ1v) is 5.90. The predicted octanol–water partition coefficient (Wildman–Crippen LogP) is 3.56. The average Bonchev–Trinajstić information content (AvgIpc) is 2.76. The molecule has 2 heterocycles. The highest BCUT2D eigenvalue weighted by molar-refractivity contribution is 9.10. The molecule has 0 radical (unpaired) electrons. The summed E-state index contributed by atoms with van der Waals surface area (Å²) < 4.78 is 11.8. The molecule has 0 fully saturated rings. The normalized spacial score (nSPS) is 13.0. The molecule has 0 aliphatic heterocycles. The number of halogens is 1. The van der Waals surface area contributed by atoms with Crippen molar-refractivity contribution in [1.29, 1.82) is 0 Å². The van der Waals surface area contributed by atoms with Crippen molar-refractivity contribution in [2.45, 2.75) is 19.9 Å². The van der Waals surface area contributed by atoms with Crippen molar-refractivity contribution in [3.8, 4) is 0 Å². The fourth-order valence-corrected chi connectivity index (χ4v) is 2.19. The van der Waals surface area contributed by atoms with Crippen LogP contribution < -0.4 is 5.32 Å². The summed E-state index contributed by atoms with van der Waals surface area (Å²) in [5, 5.41) is 3.23. The van der Waals surface area contributed by atoms with Gasteiger partial charge in [0.05, 0.1) is 6.04 Å². The lowest BCUT2D eigenvalue weighted by atomic mass is 10.1. The van der Waals surface area contributed by atoms with Crippen LogP contribution in [0.2, 0.25) is 0 Å². The summed E-state index contributed by atoms with van der Waals surface area (Å²) in [6.07, 6.45) is 0. The zero-order chi connectivity index (χ0) is 11.7. The number of furan rings is 2. The average molecular weight is 284 g/mol. The summed E-state index contributed by atoms with van der Waals surface area (Å²) in [5.41, 5.74) is 1.11. The van der Waals surface area contributed by atoms with Crippen molar-refractivity contribution in [2.75, 3.05) is 7.05 Å². The Morgan fingerprint density at radius 3 is 2.44 bits per heavy atom. The molecular weight excluding hydrogens is 270 g/mol. The molecule has 0 aliphatic rings. The van der Waals surface area contributed by atoms with Crippen molar-refractivity contribution in [1.82, 2.24) is 5.32 Å². The monoisotopic (exact) mass is 283 g/mol. The van der Waals surface area contributed by atoms with Crippen molar-refractivity contribution >= 4 is 15.9 Å². The minimum Gasteiger partial charge on any atom is -0.466 e. The molecule has 1 atom stereocenters. The van der Waals surface area contributed by atoms with Crippen molar-refractivity contribution in [3.63, 3.8) is 0 Å². The van der Waals surface area contributed by atoms with Gasteiger partial charge in [0.2, 0.25) is 0 Å². The SMILES string of the molecule is CNC(c1ccc(Br)o1)c1cc(C)oc1C. The molecule has 2 aromatic heterocycles. The standard InChI is InChI=1S/C12H14BrNO2/c1-7-6-9(8(2)15-7)12(14-3)10-4-5-11(13)16-10/h4-6,12,14H,1-3H3. The molecule has 86 valence electrons.